The molecule has 0 aliphatic heterocycles. The molecule has 2 aromatic rings. The molecular weight excluding hydrogens is 262 g/mol. The van der Waals surface area contributed by atoms with Gasteiger partial charge in [0.2, 0.25) is 0 Å². The minimum Gasteiger partial charge on any atom is -0.398 e. The molecule has 0 spiro atoms. The van der Waals surface area contributed by atoms with Crippen molar-refractivity contribution in [1.29, 1.82) is 0 Å². The maximum Gasteiger partial charge on any atom is 0.256 e. The normalized spacial score (nSPS) is 10.4. The van der Waals surface area contributed by atoms with Crippen molar-refractivity contribution >= 4 is 17.3 Å². The van der Waals surface area contributed by atoms with Crippen molar-refractivity contribution in [2.45, 2.75) is 13.8 Å². The monoisotopic (exact) mass is 276 g/mol. The smallest absolute Gasteiger partial charge is 0.256 e. The maximum absolute atomic E-state index is 13.5. The van der Waals surface area contributed by atoms with Crippen LogP contribution in [0.3, 0.4) is 0 Å². The fourth-order valence-electron chi connectivity index (χ4n) is 1.90. The second-order valence-electron chi connectivity index (χ2n) is 4.58. The number of halogens is 2. The molecule has 0 heterocycles. The van der Waals surface area contributed by atoms with Gasteiger partial charge in [0.25, 0.3) is 5.91 Å². The van der Waals surface area contributed by atoms with E-state index < -0.39 is 17.5 Å². The number of hydrogen-bond acceptors (Lipinski definition) is 2. The molecule has 0 aliphatic carbocycles. The van der Waals surface area contributed by atoms with Crippen LogP contribution in [0.4, 0.5) is 20.2 Å². The van der Waals surface area contributed by atoms with Crippen LogP contribution in [0, 0.1) is 25.5 Å². The average molecular weight is 276 g/mol. The zero-order valence-corrected chi connectivity index (χ0v) is 11.1. The van der Waals surface area contributed by atoms with Crippen LogP contribution in [-0.4, -0.2) is 5.91 Å². The predicted molar refractivity (Wildman–Crippen MR) is 74.6 cm³/mol. The molecule has 0 bridgehead atoms. The fraction of sp³-hybridized carbons (Fsp3) is 0.133. The Morgan fingerprint density at radius 3 is 2.55 bits per heavy atom. The summed E-state index contributed by atoms with van der Waals surface area (Å²) in [6, 6.07) is 6.90. The molecule has 3 nitrogen and oxygen atoms in total. The van der Waals surface area contributed by atoms with Gasteiger partial charge >= 0.3 is 0 Å². The van der Waals surface area contributed by atoms with Gasteiger partial charge in [-0.05, 0) is 43.2 Å². The topological polar surface area (TPSA) is 55.1 Å². The predicted octanol–water partition coefficient (Wildman–Crippen LogP) is 3.42. The SMILES string of the molecule is Cc1cc(C)c(C(=O)Nc2cccc(F)c2F)cc1N. The highest BCUT2D eigenvalue weighted by Crippen LogP contribution is 2.21. The van der Waals surface area contributed by atoms with Crippen molar-refractivity contribution in [2.75, 3.05) is 11.1 Å². The lowest BCUT2D eigenvalue weighted by Gasteiger charge is -2.11. The van der Waals surface area contributed by atoms with E-state index in [-0.39, 0.29) is 5.69 Å². The van der Waals surface area contributed by atoms with E-state index in [2.05, 4.69) is 5.32 Å². The van der Waals surface area contributed by atoms with Gasteiger partial charge in [0.1, 0.15) is 0 Å². The summed E-state index contributed by atoms with van der Waals surface area (Å²) in [6.07, 6.45) is 0. The molecule has 0 unspecified atom stereocenters. The van der Waals surface area contributed by atoms with E-state index >= 15 is 0 Å². The van der Waals surface area contributed by atoms with Crippen LogP contribution in [0.1, 0.15) is 21.5 Å². The lowest BCUT2D eigenvalue weighted by molar-refractivity contribution is 0.102. The van der Waals surface area contributed by atoms with E-state index in [1.165, 1.54) is 18.2 Å². The van der Waals surface area contributed by atoms with Gasteiger partial charge in [0.05, 0.1) is 5.69 Å². The highest BCUT2D eigenvalue weighted by Gasteiger charge is 2.14. The van der Waals surface area contributed by atoms with Crippen molar-refractivity contribution in [3.05, 3.63) is 58.7 Å². The first kappa shape index (κ1) is 14.0. The van der Waals surface area contributed by atoms with Crippen LogP contribution in [0.2, 0.25) is 0 Å². The van der Waals surface area contributed by atoms with E-state index in [4.69, 9.17) is 5.73 Å². The number of amides is 1. The van der Waals surface area contributed by atoms with Crippen molar-refractivity contribution in [3.63, 3.8) is 0 Å². The third kappa shape index (κ3) is 2.61. The summed E-state index contributed by atoms with van der Waals surface area (Å²) in [5, 5.41) is 2.35. The van der Waals surface area contributed by atoms with E-state index in [1.807, 2.05) is 6.92 Å². The summed E-state index contributed by atoms with van der Waals surface area (Å²) < 4.78 is 26.6. The minimum absolute atomic E-state index is 0.200. The summed E-state index contributed by atoms with van der Waals surface area (Å²) in [4.78, 5) is 12.1. The zero-order chi connectivity index (χ0) is 14.9. The number of hydrogen-bond donors (Lipinski definition) is 2. The van der Waals surface area contributed by atoms with Crippen molar-refractivity contribution in [2.24, 2.45) is 0 Å². The zero-order valence-electron chi connectivity index (χ0n) is 11.1. The van der Waals surface area contributed by atoms with Crippen molar-refractivity contribution < 1.29 is 13.6 Å². The number of rotatable bonds is 2. The third-order valence-corrected chi connectivity index (χ3v) is 3.06. The fourth-order valence-corrected chi connectivity index (χ4v) is 1.90. The molecule has 0 atom stereocenters. The van der Waals surface area contributed by atoms with Gasteiger partial charge in [-0.3, -0.25) is 4.79 Å². The molecule has 2 rings (SSSR count). The quantitative estimate of drug-likeness (QED) is 0.826. The molecule has 0 radical (unpaired) electrons. The third-order valence-electron chi connectivity index (χ3n) is 3.06. The number of nitrogens with two attached hydrogens (primary N) is 1. The first-order valence-electron chi connectivity index (χ1n) is 6.02. The Hall–Kier alpha value is -2.43. The molecule has 0 aliphatic rings. The molecule has 104 valence electrons. The molecule has 0 aromatic heterocycles. The average Bonchev–Trinajstić information content (AvgIpc) is 2.39. The van der Waals surface area contributed by atoms with E-state index in [9.17, 15) is 13.6 Å². The molecule has 2 aromatic carbocycles. The lowest BCUT2D eigenvalue weighted by Crippen LogP contribution is -2.15. The molecule has 0 saturated heterocycles. The summed E-state index contributed by atoms with van der Waals surface area (Å²) in [7, 11) is 0. The van der Waals surface area contributed by atoms with Gasteiger partial charge in [0, 0.05) is 11.3 Å². The summed E-state index contributed by atoms with van der Waals surface area (Å²) in [6.45, 7) is 3.58. The minimum atomic E-state index is -1.08. The van der Waals surface area contributed by atoms with Crippen molar-refractivity contribution in [1.82, 2.24) is 0 Å². The molecular formula is C15H14F2N2O. The lowest BCUT2D eigenvalue weighted by atomic mass is 10.0. The Morgan fingerprint density at radius 2 is 1.85 bits per heavy atom. The van der Waals surface area contributed by atoms with Crippen LogP contribution in [0.5, 0.6) is 0 Å². The highest BCUT2D eigenvalue weighted by atomic mass is 19.2. The molecule has 0 saturated carbocycles. The Kier molecular flexibility index (Phi) is 3.70. The van der Waals surface area contributed by atoms with Gasteiger partial charge in [0.15, 0.2) is 11.6 Å². The number of benzene rings is 2. The first-order valence-corrected chi connectivity index (χ1v) is 6.02. The molecule has 0 fully saturated rings. The Morgan fingerprint density at radius 1 is 1.15 bits per heavy atom. The number of nitrogens with one attached hydrogen (secondary N) is 1. The van der Waals surface area contributed by atoms with Crippen LogP contribution >= 0.6 is 0 Å². The first-order chi connectivity index (χ1) is 9.40. The molecule has 1 amide bonds. The number of aryl methyl sites for hydroxylation is 2. The maximum atomic E-state index is 13.5. The highest BCUT2D eigenvalue weighted by molar-refractivity contribution is 6.06. The van der Waals surface area contributed by atoms with E-state index in [0.29, 0.717) is 16.8 Å². The van der Waals surface area contributed by atoms with Gasteiger partial charge in [-0.25, -0.2) is 8.78 Å². The van der Waals surface area contributed by atoms with Gasteiger partial charge < -0.3 is 11.1 Å². The second-order valence-corrected chi connectivity index (χ2v) is 4.58. The van der Waals surface area contributed by atoms with Crippen molar-refractivity contribution in [3.8, 4) is 0 Å². The number of anilines is 2. The van der Waals surface area contributed by atoms with Gasteiger partial charge in [-0.1, -0.05) is 12.1 Å². The number of nitrogen functional groups attached to an aromatic ring is 1. The van der Waals surface area contributed by atoms with Crippen LogP contribution in [0.15, 0.2) is 30.3 Å². The Labute approximate surface area is 115 Å². The van der Waals surface area contributed by atoms with Gasteiger partial charge in [-0.2, -0.15) is 0 Å². The Balaban J connectivity index is 2.33. The number of carbonyl (C=O) groups is 1. The van der Waals surface area contributed by atoms with Crippen LogP contribution < -0.4 is 11.1 Å². The molecule has 20 heavy (non-hydrogen) atoms. The summed E-state index contributed by atoms with van der Waals surface area (Å²) >= 11 is 0. The van der Waals surface area contributed by atoms with Crippen LogP contribution in [0.25, 0.3) is 0 Å². The summed E-state index contributed by atoms with van der Waals surface area (Å²) in [5.74, 6) is -2.62. The molecule has 3 N–H and O–H groups in total. The Bertz CT molecular complexity index is 684. The largest absolute Gasteiger partial charge is 0.398 e. The van der Waals surface area contributed by atoms with Gasteiger partial charge in [-0.15, -0.1) is 0 Å². The van der Waals surface area contributed by atoms with Crippen LogP contribution in [-0.2, 0) is 0 Å². The standard InChI is InChI=1S/C15H14F2N2O/c1-8-6-9(2)12(18)7-10(8)15(20)19-13-5-3-4-11(16)14(13)17/h3-7H,18H2,1-2H3,(H,19,20). The van der Waals surface area contributed by atoms with E-state index in [0.717, 1.165) is 11.6 Å². The number of carbonyl (C=O) groups excluding carboxylic acids is 1. The second kappa shape index (κ2) is 5.28. The molecule has 5 heteroatoms. The van der Waals surface area contributed by atoms with E-state index in [1.54, 1.807) is 13.0 Å². The summed E-state index contributed by atoms with van der Waals surface area (Å²) in [5.41, 5.74) is 7.93.